The van der Waals surface area contributed by atoms with Gasteiger partial charge in [-0.2, -0.15) is 0 Å². The minimum Gasteiger partial charge on any atom is -0.298 e. The fourth-order valence-corrected chi connectivity index (χ4v) is 1.23. The maximum atomic E-state index is 10.4. The van der Waals surface area contributed by atoms with E-state index in [2.05, 4.69) is 10.2 Å². The monoisotopic (exact) mass is 181 g/mol. The van der Waals surface area contributed by atoms with Gasteiger partial charge in [-0.3, -0.25) is 9.20 Å². The van der Waals surface area contributed by atoms with Crippen LogP contribution in [0.3, 0.4) is 0 Å². The van der Waals surface area contributed by atoms with E-state index in [0.717, 1.165) is 6.29 Å². The van der Waals surface area contributed by atoms with Gasteiger partial charge in [-0.05, 0) is 12.1 Å². The van der Waals surface area contributed by atoms with Crippen molar-refractivity contribution in [1.29, 1.82) is 0 Å². The zero-order chi connectivity index (χ0) is 8.55. The predicted molar refractivity (Wildman–Crippen MR) is 43.4 cm³/mol. The van der Waals surface area contributed by atoms with Gasteiger partial charge < -0.3 is 0 Å². The Labute approximate surface area is 72.8 Å². The zero-order valence-electron chi connectivity index (χ0n) is 5.94. The molecular weight excluding hydrogens is 178 g/mol. The predicted octanol–water partition coefficient (Wildman–Crippen LogP) is 1.20. The van der Waals surface area contributed by atoms with Crippen LogP contribution in [-0.2, 0) is 0 Å². The first-order valence-corrected chi connectivity index (χ1v) is 3.63. The number of fused-ring (bicyclic) bond motifs is 1. The number of nitrogens with zero attached hydrogens (tertiary/aromatic N) is 3. The summed E-state index contributed by atoms with van der Waals surface area (Å²) in [6, 6.07) is 3.18. The van der Waals surface area contributed by atoms with E-state index in [9.17, 15) is 4.79 Å². The summed E-state index contributed by atoms with van der Waals surface area (Å²) in [5, 5.41) is 7.84. The summed E-state index contributed by atoms with van der Waals surface area (Å²) in [5.74, 6) is 0. The fraction of sp³-hybridized carbons (Fsp3) is 0. The third-order valence-electron chi connectivity index (χ3n) is 1.52. The molecular formula is C7H4ClN3O. The molecule has 0 aliphatic rings. The number of aromatic nitrogens is 3. The van der Waals surface area contributed by atoms with E-state index < -0.39 is 0 Å². The van der Waals surface area contributed by atoms with Crippen molar-refractivity contribution in [2.75, 3.05) is 0 Å². The maximum Gasteiger partial charge on any atom is 0.162 e. The summed E-state index contributed by atoms with van der Waals surface area (Å²) in [6.07, 6.45) is 2.22. The van der Waals surface area contributed by atoms with Crippen molar-refractivity contribution in [3.05, 3.63) is 29.2 Å². The lowest BCUT2D eigenvalue weighted by atomic mass is 10.3. The number of hydrogen-bond acceptors (Lipinski definition) is 3. The highest BCUT2D eigenvalue weighted by atomic mass is 35.5. The molecule has 0 unspecified atom stereocenters. The van der Waals surface area contributed by atoms with Gasteiger partial charge in [0.15, 0.2) is 5.65 Å². The first-order valence-electron chi connectivity index (χ1n) is 3.26. The van der Waals surface area contributed by atoms with Crippen LogP contribution in [0.25, 0.3) is 5.65 Å². The molecule has 4 nitrogen and oxygen atoms in total. The molecule has 0 saturated carbocycles. The van der Waals surface area contributed by atoms with Gasteiger partial charge in [-0.1, -0.05) is 11.6 Å². The molecule has 12 heavy (non-hydrogen) atoms. The van der Waals surface area contributed by atoms with Gasteiger partial charge in [0, 0.05) is 5.56 Å². The van der Waals surface area contributed by atoms with Crippen LogP contribution in [0.2, 0.25) is 5.15 Å². The van der Waals surface area contributed by atoms with E-state index in [-0.39, 0.29) is 0 Å². The van der Waals surface area contributed by atoms with Crippen LogP contribution in [0.1, 0.15) is 10.4 Å². The van der Waals surface area contributed by atoms with Crippen LogP contribution in [-0.4, -0.2) is 20.9 Å². The van der Waals surface area contributed by atoms with Crippen molar-refractivity contribution >= 4 is 23.5 Å². The Morgan fingerprint density at radius 3 is 3.08 bits per heavy atom. The molecule has 60 valence electrons. The molecule has 0 atom stereocenters. The van der Waals surface area contributed by atoms with Gasteiger partial charge in [-0.15, -0.1) is 10.2 Å². The number of pyridine rings is 1. The molecule has 2 rings (SSSR count). The Kier molecular flexibility index (Phi) is 1.55. The SMILES string of the molecule is O=Cc1cc(Cl)n2cnnc2c1. The second-order valence-electron chi connectivity index (χ2n) is 2.29. The molecule has 0 aliphatic heterocycles. The topological polar surface area (TPSA) is 47.3 Å². The summed E-state index contributed by atoms with van der Waals surface area (Å²) < 4.78 is 1.59. The van der Waals surface area contributed by atoms with E-state index in [4.69, 9.17) is 11.6 Å². The van der Waals surface area contributed by atoms with Gasteiger partial charge in [0.1, 0.15) is 17.8 Å². The van der Waals surface area contributed by atoms with E-state index in [1.54, 1.807) is 16.5 Å². The zero-order valence-corrected chi connectivity index (χ0v) is 6.69. The molecule has 0 radical (unpaired) electrons. The molecule has 2 heterocycles. The second-order valence-corrected chi connectivity index (χ2v) is 2.68. The summed E-state index contributed by atoms with van der Waals surface area (Å²) in [5.41, 5.74) is 1.07. The van der Waals surface area contributed by atoms with Crippen LogP contribution in [0.4, 0.5) is 0 Å². The molecule has 0 bridgehead atoms. The number of carbonyl (C=O) groups is 1. The lowest BCUT2D eigenvalue weighted by molar-refractivity contribution is 0.112. The first-order chi connectivity index (χ1) is 5.81. The third-order valence-corrected chi connectivity index (χ3v) is 1.81. The van der Waals surface area contributed by atoms with Gasteiger partial charge >= 0.3 is 0 Å². The van der Waals surface area contributed by atoms with Gasteiger partial charge in [0.25, 0.3) is 0 Å². The molecule has 0 saturated heterocycles. The Hall–Kier alpha value is -1.42. The highest BCUT2D eigenvalue weighted by Gasteiger charge is 2.01. The summed E-state index contributed by atoms with van der Waals surface area (Å²) in [6.45, 7) is 0. The van der Waals surface area contributed by atoms with Crippen molar-refractivity contribution in [1.82, 2.24) is 14.6 Å². The molecule has 0 aliphatic carbocycles. The number of carbonyl (C=O) groups excluding carboxylic acids is 1. The first kappa shape index (κ1) is 7.24. The van der Waals surface area contributed by atoms with Crippen LogP contribution in [0.5, 0.6) is 0 Å². The quantitative estimate of drug-likeness (QED) is 0.491. The van der Waals surface area contributed by atoms with Crippen molar-refractivity contribution in [3.8, 4) is 0 Å². The third kappa shape index (κ3) is 0.967. The number of rotatable bonds is 1. The van der Waals surface area contributed by atoms with Crippen molar-refractivity contribution in [3.63, 3.8) is 0 Å². The van der Waals surface area contributed by atoms with Crippen LogP contribution < -0.4 is 0 Å². The Morgan fingerprint density at radius 1 is 1.50 bits per heavy atom. The average Bonchev–Trinajstić information content (AvgIpc) is 2.52. The molecule has 2 aromatic heterocycles. The van der Waals surface area contributed by atoms with Crippen LogP contribution >= 0.6 is 11.6 Å². The lowest BCUT2D eigenvalue weighted by Gasteiger charge is -1.95. The van der Waals surface area contributed by atoms with Gasteiger partial charge in [0.05, 0.1) is 0 Å². The fourth-order valence-electron chi connectivity index (χ4n) is 0.973. The maximum absolute atomic E-state index is 10.4. The normalized spacial score (nSPS) is 10.4. The summed E-state index contributed by atoms with van der Waals surface area (Å²) in [4.78, 5) is 10.4. The molecule has 5 heteroatoms. The van der Waals surface area contributed by atoms with E-state index in [0.29, 0.717) is 16.4 Å². The van der Waals surface area contributed by atoms with E-state index >= 15 is 0 Å². The average molecular weight is 182 g/mol. The number of halogens is 1. The molecule has 0 spiro atoms. The largest absolute Gasteiger partial charge is 0.298 e. The highest BCUT2D eigenvalue weighted by molar-refractivity contribution is 6.30. The van der Waals surface area contributed by atoms with Gasteiger partial charge in [-0.25, -0.2) is 0 Å². The van der Waals surface area contributed by atoms with Gasteiger partial charge in [0.2, 0.25) is 0 Å². The minimum absolute atomic E-state index is 0.430. The standard InChI is InChI=1S/C7H4ClN3O/c8-6-1-5(3-12)2-7-10-9-4-11(6)7/h1-4H. The molecule has 0 fully saturated rings. The minimum atomic E-state index is 0.430. The Bertz CT molecular complexity index is 437. The summed E-state index contributed by atoms with van der Waals surface area (Å²) >= 11 is 5.81. The van der Waals surface area contributed by atoms with Crippen molar-refractivity contribution in [2.45, 2.75) is 0 Å². The highest BCUT2D eigenvalue weighted by Crippen LogP contribution is 2.12. The van der Waals surface area contributed by atoms with E-state index in [1.165, 1.54) is 6.33 Å². The number of aldehydes is 1. The molecule has 2 aromatic rings. The molecule has 0 aromatic carbocycles. The lowest BCUT2D eigenvalue weighted by Crippen LogP contribution is -1.88. The number of hydrogen-bond donors (Lipinski definition) is 0. The van der Waals surface area contributed by atoms with Crippen molar-refractivity contribution in [2.24, 2.45) is 0 Å². The smallest absolute Gasteiger partial charge is 0.162 e. The van der Waals surface area contributed by atoms with Crippen LogP contribution in [0, 0.1) is 0 Å². The second kappa shape index (κ2) is 2.57. The molecule has 0 N–H and O–H groups in total. The Balaban J connectivity index is 2.83. The Morgan fingerprint density at radius 2 is 2.33 bits per heavy atom. The van der Waals surface area contributed by atoms with Crippen molar-refractivity contribution < 1.29 is 4.79 Å². The molecule has 0 amide bonds. The van der Waals surface area contributed by atoms with E-state index in [1.807, 2.05) is 0 Å². The van der Waals surface area contributed by atoms with Crippen LogP contribution in [0.15, 0.2) is 18.5 Å². The summed E-state index contributed by atoms with van der Waals surface area (Å²) in [7, 11) is 0.